The molecule has 10 aromatic rings. The number of hydrogen-bond acceptors (Lipinski definition) is 2. The van der Waals surface area contributed by atoms with Crippen molar-refractivity contribution in [2.75, 3.05) is 9.80 Å². The van der Waals surface area contributed by atoms with Crippen LogP contribution in [0.15, 0.2) is 237 Å². The van der Waals surface area contributed by atoms with Gasteiger partial charge in [-0.1, -0.05) is 188 Å². The molecule has 0 aliphatic heterocycles. The Balaban J connectivity index is 1.03. The third-order valence-electron chi connectivity index (χ3n) is 12.1. The molecule has 0 heterocycles. The molecule has 0 bridgehead atoms. The zero-order valence-corrected chi connectivity index (χ0v) is 33.2. The summed E-state index contributed by atoms with van der Waals surface area (Å²) in [5.41, 5.74) is 10.7. The van der Waals surface area contributed by atoms with Crippen LogP contribution in [-0.4, -0.2) is 6.04 Å². The minimum Gasteiger partial charge on any atom is -0.334 e. The summed E-state index contributed by atoms with van der Waals surface area (Å²) in [5, 5.41) is 9.93. The maximum absolute atomic E-state index is 2.51. The van der Waals surface area contributed by atoms with Crippen LogP contribution in [0, 0.1) is 0 Å². The zero-order valence-electron chi connectivity index (χ0n) is 33.2. The maximum atomic E-state index is 2.51. The van der Waals surface area contributed by atoms with E-state index in [1.165, 1.54) is 76.7 Å². The molecule has 1 aliphatic carbocycles. The Kier molecular flexibility index (Phi) is 9.02. The first-order valence-corrected chi connectivity index (χ1v) is 20.9. The van der Waals surface area contributed by atoms with E-state index >= 15 is 0 Å². The molecule has 0 N–H and O–H groups in total. The van der Waals surface area contributed by atoms with Gasteiger partial charge in [-0.3, -0.25) is 0 Å². The summed E-state index contributed by atoms with van der Waals surface area (Å²) in [6.45, 7) is 0. The average Bonchev–Trinajstić information content (AvgIpc) is 3.32. The SMILES string of the molecule is C1=CCC(N(c2ccc(-c3c4ccccc4c(-c4ccc(N(c5ccccc5)c5cccc6ccccc56)cc4)c4ccccc34)cc2)c2cccc3ccccc23)C=C1. The van der Waals surface area contributed by atoms with E-state index in [9.17, 15) is 0 Å². The highest BCUT2D eigenvalue weighted by Crippen LogP contribution is 2.46. The van der Waals surface area contributed by atoms with E-state index in [-0.39, 0.29) is 6.04 Å². The first-order chi connectivity index (χ1) is 29.8. The quantitative estimate of drug-likeness (QED) is 0.142. The van der Waals surface area contributed by atoms with Crippen LogP contribution in [0.5, 0.6) is 0 Å². The van der Waals surface area contributed by atoms with Crippen LogP contribution < -0.4 is 9.80 Å². The highest BCUT2D eigenvalue weighted by Gasteiger charge is 2.23. The number of benzene rings is 10. The van der Waals surface area contributed by atoms with Crippen LogP contribution in [0.3, 0.4) is 0 Å². The second-order valence-corrected chi connectivity index (χ2v) is 15.6. The highest BCUT2D eigenvalue weighted by molar-refractivity contribution is 6.21. The lowest BCUT2D eigenvalue weighted by atomic mass is 9.86. The van der Waals surface area contributed by atoms with Crippen molar-refractivity contribution in [3.63, 3.8) is 0 Å². The molecule has 0 saturated carbocycles. The minimum absolute atomic E-state index is 0.214. The van der Waals surface area contributed by atoms with Crippen molar-refractivity contribution < 1.29 is 0 Å². The minimum atomic E-state index is 0.214. The van der Waals surface area contributed by atoms with Crippen molar-refractivity contribution in [1.82, 2.24) is 0 Å². The van der Waals surface area contributed by atoms with Gasteiger partial charge in [-0.05, 0) is 110 Å². The van der Waals surface area contributed by atoms with Crippen molar-refractivity contribution in [1.29, 1.82) is 0 Å². The summed E-state index contributed by atoms with van der Waals surface area (Å²) in [6, 6.07) is 77.8. The second-order valence-electron chi connectivity index (χ2n) is 15.6. The van der Waals surface area contributed by atoms with E-state index in [1.807, 2.05) is 0 Å². The van der Waals surface area contributed by atoms with Crippen LogP contribution in [0.2, 0.25) is 0 Å². The summed E-state index contributed by atoms with van der Waals surface area (Å²) in [4.78, 5) is 4.88. The number of rotatable bonds is 8. The molecule has 0 aromatic heterocycles. The lowest BCUT2D eigenvalue weighted by Gasteiger charge is -2.33. The number of hydrogen-bond donors (Lipinski definition) is 0. The Labute approximate surface area is 351 Å². The van der Waals surface area contributed by atoms with Crippen LogP contribution in [0.25, 0.3) is 65.3 Å². The van der Waals surface area contributed by atoms with E-state index in [0.29, 0.717) is 0 Å². The van der Waals surface area contributed by atoms with E-state index < -0.39 is 0 Å². The summed E-state index contributed by atoms with van der Waals surface area (Å²) >= 11 is 0. The fraction of sp³-hybridized carbons (Fsp3) is 0.0345. The molecular formula is C58H42N2. The van der Waals surface area contributed by atoms with Gasteiger partial charge in [-0.25, -0.2) is 0 Å². The molecule has 0 radical (unpaired) electrons. The van der Waals surface area contributed by atoms with Gasteiger partial charge in [0.25, 0.3) is 0 Å². The number of allylic oxidation sites excluding steroid dienone is 2. The molecule has 2 nitrogen and oxygen atoms in total. The number of para-hydroxylation sites is 1. The van der Waals surface area contributed by atoms with Crippen LogP contribution >= 0.6 is 0 Å². The Morgan fingerprint density at radius 2 is 0.767 bits per heavy atom. The monoisotopic (exact) mass is 766 g/mol. The largest absolute Gasteiger partial charge is 0.334 e. The Morgan fingerprint density at radius 1 is 0.333 bits per heavy atom. The van der Waals surface area contributed by atoms with E-state index in [0.717, 1.165) is 23.5 Å². The lowest BCUT2D eigenvalue weighted by Crippen LogP contribution is -2.29. The molecule has 1 aliphatic rings. The van der Waals surface area contributed by atoms with Gasteiger partial charge in [0, 0.05) is 33.5 Å². The molecule has 11 rings (SSSR count). The molecule has 0 spiro atoms. The lowest BCUT2D eigenvalue weighted by molar-refractivity contribution is 0.787. The van der Waals surface area contributed by atoms with Gasteiger partial charge in [-0.2, -0.15) is 0 Å². The van der Waals surface area contributed by atoms with Gasteiger partial charge in [0.15, 0.2) is 0 Å². The molecular weight excluding hydrogens is 725 g/mol. The van der Waals surface area contributed by atoms with Crippen LogP contribution in [0.1, 0.15) is 6.42 Å². The maximum Gasteiger partial charge on any atom is 0.0560 e. The predicted octanol–water partition coefficient (Wildman–Crippen LogP) is 16.1. The van der Waals surface area contributed by atoms with Crippen LogP contribution in [0.4, 0.5) is 28.4 Å². The molecule has 2 heteroatoms. The highest BCUT2D eigenvalue weighted by atomic mass is 15.2. The molecule has 1 unspecified atom stereocenters. The van der Waals surface area contributed by atoms with Gasteiger partial charge in [-0.15, -0.1) is 0 Å². The molecule has 1 atom stereocenters. The number of fused-ring (bicyclic) bond motifs is 4. The van der Waals surface area contributed by atoms with Crippen molar-refractivity contribution in [3.8, 4) is 22.3 Å². The molecule has 284 valence electrons. The molecule has 0 fully saturated rings. The Morgan fingerprint density at radius 3 is 1.30 bits per heavy atom. The van der Waals surface area contributed by atoms with E-state index in [1.54, 1.807) is 0 Å². The predicted molar refractivity (Wildman–Crippen MR) is 257 cm³/mol. The van der Waals surface area contributed by atoms with Crippen molar-refractivity contribution in [2.45, 2.75) is 12.5 Å². The normalized spacial score (nSPS) is 13.6. The first-order valence-electron chi connectivity index (χ1n) is 20.9. The molecule has 10 aromatic carbocycles. The zero-order chi connectivity index (χ0) is 39.8. The number of anilines is 5. The van der Waals surface area contributed by atoms with Gasteiger partial charge in [0.05, 0.1) is 11.7 Å². The summed E-state index contributed by atoms with van der Waals surface area (Å²) in [7, 11) is 0. The third-order valence-corrected chi connectivity index (χ3v) is 12.1. The Hall–Kier alpha value is -7.68. The second kappa shape index (κ2) is 15.2. The van der Waals surface area contributed by atoms with Crippen molar-refractivity contribution in [2.24, 2.45) is 0 Å². The number of nitrogens with zero attached hydrogens (tertiary/aromatic N) is 2. The van der Waals surface area contributed by atoms with Gasteiger partial charge in [0.2, 0.25) is 0 Å². The average molecular weight is 767 g/mol. The smallest absolute Gasteiger partial charge is 0.0560 e. The fourth-order valence-corrected chi connectivity index (χ4v) is 9.41. The first kappa shape index (κ1) is 35.5. The molecule has 60 heavy (non-hydrogen) atoms. The molecule has 0 saturated heterocycles. The standard InChI is InChI=1S/C58H42N2/c1-3-21-45(22-4-1)59(55-31-15-19-41-17-7-9-25-49(41)55)47-37-33-43(34-38-47)57-51-27-11-13-29-53(51)58(54-30-14-12-28-52(54)57)44-35-39-48(40-36-44)60(46-23-5-2-6-24-46)56-32-16-20-42-18-8-10-26-50(42)56/h1-23,25-40,46H,24H2. The van der Waals surface area contributed by atoms with Gasteiger partial charge < -0.3 is 9.80 Å². The van der Waals surface area contributed by atoms with Crippen molar-refractivity contribution >= 4 is 71.5 Å². The fourth-order valence-electron chi connectivity index (χ4n) is 9.41. The Bertz CT molecular complexity index is 3170. The summed E-state index contributed by atoms with van der Waals surface area (Å²) in [5.74, 6) is 0. The third kappa shape index (κ3) is 6.22. The van der Waals surface area contributed by atoms with E-state index in [2.05, 4.69) is 246 Å². The van der Waals surface area contributed by atoms with E-state index in [4.69, 9.17) is 0 Å². The van der Waals surface area contributed by atoms with Crippen molar-refractivity contribution in [3.05, 3.63) is 237 Å². The van der Waals surface area contributed by atoms with Gasteiger partial charge in [0.1, 0.15) is 0 Å². The molecule has 0 amide bonds. The van der Waals surface area contributed by atoms with Gasteiger partial charge >= 0.3 is 0 Å². The summed E-state index contributed by atoms with van der Waals surface area (Å²) in [6.07, 6.45) is 9.88. The van der Waals surface area contributed by atoms with Crippen LogP contribution in [-0.2, 0) is 0 Å². The topological polar surface area (TPSA) is 6.48 Å². The summed E-state index contributed by atoms with van der Waals surface area (Å²) < 4.78 is 0.